The fourth-order valence-electron chi connectivity index (χ4n) is 0.698. The Morgan fingerprint density at radius 1 is 1.67 bits per heavy atom. The lowest BCUT2D eigenvalue weighted by Gasteiger charge is -1.94. The Kier molecular flexibility index (Phi) is 3.21. The summed E-state index contributed by atoms with van der Waals surface area (Å²) in [5.74, 6) is 0.0371. The molecule has 64 valence electrons. The predicted octanol–water partition coefficient (Wildman–Crippen LogP) is 2.33. The molecule has 0 unspecified atom stereocenters. The smallest absolute Gasteiger partial charge is 0.358 e. The molecule has 0 bridgehead atoms. The van der Waals surface area contributed by atoms with Gasteiger partial charge in [-0.2, -0.15) is 0 Å². The maximum atomic E-state index is 10.3. The molecule has 1 heterocycles. The first-order valence-electron chi connectivity index (χ1n) is 3.00. The number of nitrogens with zero attached hydrogens (tertiary/aromatic N) is 2. The molecule has 1 aromatic rings. The van der Waals surface area contributed by atoms with Gasteiger partial charge in [0, 0.05) is 9.64 Å². The first kappa shape index (κ1) is 9.66. The zero-order valence-corrected chi connectivity index (χ0v) is 8.74. The van der Waals surface area contributed by atoms with Gasteiger partial charge in [0.2, 0.25) is 0 Å². The highest BCUT2D eigenvalue weighted by Gasteiger charge is 2.10. The molecule has 0 saturated heterocycles. The van der Waals surface area contributed by atoms with Gasteiger partial charge in [-0.15, -0.1) is 11.6 Å². The number of halogens is 2. The van der Waals surface area contributed by atoms with Crippen LogP contribution in [-0.4, -0.2) is 9.91 Å². The Hall–Kier alpha value is -0.430. The Bertz CT molecular complexity index is 318. The van der Waals surface area contributed by atoms with Crippen molar-refractivity contribution in [1.29, 1.82) is 0 Å². The molecule has 0 aliphatic rings. The topological polar surface area (TPSA) is 56.0 Å². The van der Waals surface area contributed by atoms with Crippen LogP contribution in [0.3, 0.4) is 0 Å². The molecule has 0 fully saturated rings. The molecule has 1 rings (SSSR count). The number of hydrogen-bond donors (Lipinski definition) is 0. The van der Waals surface area contributed by atoms with Crippen LogP contribution in [-0.2, 0) is 5.88 Å². The average molecular weight is 298 g/mol. The zero-order chi connectivity index (χ0) is 9.14. The standard InChI is InChI=1S/C6H4ClIN2O2/c7-3-5-1-4(8)2-6(9-5)10(11)12/h1-2H,3H2. The van der Waals surface area contributed by atoms with Crippen molar-refractivity contribution < 1.29 is 4.92 Å². The van der Waals surface area contributed by atoms with Crippen molar-refractivity contribution in [1.82, 2.24) is 4.98 Å². The minimum Gasteiger partial charge on any atom is -0.358 e. The van der Waals surface area contributed by atoms with Crippen molar-refractivity contribution >= 4 is 40.0 Å². The van der Waals surface area contributed by atoms with E-state index in [-0.39, 0.29) is 11.7 Å². The van der Waals surface area contributed by atoms with Crippen molar-refractivity contribution in [2.75, 3.05) is 0 Å². The van der Waals surface area contributed by atoms with Gasteiger partial charge in [-0.3, -0.25) is 0 Å². The van der Waals surface area contributed by atoms with Gasteiger partial charge in [0.15, 0.2) is 5.69 Å². The summed E-state index contributed by atoms with van der Waals surface area (Å²) in [4.78, 5) is 13.5. The van der Waals surface area contributed by atoms with E-state index in [1.54, 1.807) is 6.07 Å². The van der Waals surface area contributed by atoms with Gasteiger partial charge in [-0.1, -0.05) is 0 Å². The van der Waals surface area contributed by atoms with Crippen LogP contribution in [0.1, 0.15) is 5.69 Å². The Labute approximate surface area is 87.2 Å². The number of nitro groups is 1. The molecular weight excluding hydrogens is 294 g/mol. The summed E-state index contributed by atoms with van der Waals surface area (Å²) in [6, 6.07) is 3.11. The number of alkyl halides is 1. The summed E-state index contributed by atoms with van der Waals surface area (Å²) < 4.78 is 0.768. The molecule has 0 spiro atoms. The molecule has 0 radical (unpaired) electrons. The van der Waals surface area contributed by atoms with Crippen LogP contribution in [0.15, 0.2) is 12.1 Å². The summed E-state index contributed by atoms with van der Waals surface area (Å²) in [6.45, 7) is 0. The molecule has 0 saturated carbocycles. The van der Waals surface area contributed by atoms with Gasteiger partial charge in [0.05, 0.1) is 5.88 Å². The summed E-state index contributed by atoms with van der Waals surface area (Å²) in [7, 11) is 0. The molecule has 0 atom stereocenters. The van der Waals surface area contributed by atoms with Gasteiger partial charge in [-0.05, 0) is 38.6 Å². The molecule has 0 aromatic carbocycles. The van der Waals surface area contributed by atoms with E-state index in [9.17, 15) is 10.1 Å². The van der Waals surface area contributed by atoms with Crippen LogP contribution in [0.2, 0.25) is 0 Å². The number of hydrogen-bond acceptors (Lipinski definition) is 3. The van der Waals surface area contributed by atoms with Gasteiger partial charge in [0.1, 0.15) is 0 Å². The van der Waals surface area contributed by atoms with Crippen LogP contribution in [0.5, 0.6) is 0 Å². The van der Waals surface area contributed by atoms with E-state index in [1.165, 1.54) is 6.07 Å². The second-order valence-corrected chi connectivity index (χ2v) is 3.54. The molecule has 0 aliphatic carbocycles. The van der Waals surface area contributed by atoms with Gasteiger partial charge in [0.25, 0.3) is 0 Å². The molecule has 0 amide bonds. The SMILES string of the molecule is O=[N+]([O-])c1cc(I)cc(CCl)n1. The molecule has 6 heteroatoms. The average Bonchev–Trinajstić information content (AvgIpc) is 2.03. The van der Waals surface area contributed by atoms with Crippen LogP contribution >= 0.6 is 34.2 Å². The Balaban J connectivity index is 3.15. The summed E-state index contributed by atoms with van der Waals surface area (Å²) in [6.07, 6.45) is 0. The summed E-state index contributed by atoms with van der Waals surface area (Å²) in [5, 5.41) is 10.3. The van der Waals surface area contributed by atoms with E-state index in [1.807, 2.05) is 22.6 Å². The van der Waals surface area contributed by atoms with Crippen LogP contribution in [0, 0.1) is 13.7 Å². The Morgan fingerprint density at radius 3 is 2.83 bits per heavy atom. The van der Waals surface area contributed by atoms with Crippen molar-refractivity contribution in [3.63, 3.8) is 0 Å². The summed E-state index contributed by atoms with van der Waals surface area (Å²) in [5.41, 5.74) is 0.523. The lowest BCUT2D eigenvalue weighted by Crippen LogP contribution is -1.95. The second kappa shape index (κ2) is 3.99. The maximum absolute atomic E-state index is 10.3. The number of rotatable bonds is 2. The van der Waals surface area contributed by atoms with E-state index in [0.29, 0.717) is 5.69 Å². The highest BCUT2D eigenvalue weighted by molar-refractivity contribution is 14.1. The van der Waals surface area contributed by atoms with Crippen LogP contribution < -0.4 is 0 Å². The highest BCUT2D eigenvalue weighted by atomic mass is 127. The lowest BCUT2D eigenvalue weighted by molar-refractivity contribution is -0.389. The van der Waals surface area contributed by atoms with Crippen LogP contribution in [0.4, 0.5) is 5.82 Å². The van der Waals surface area contributed by atoms with Crippen molar-refractivity contribution in [2.45, 2.75) is 5.88 Å². The van der Waals surface area contributed by atoms with Gasteiger partial charge < -0.3 is 10.1 Å². The Morgan fingerprint density at radius 2 is 2.33 bits per heavy atom. The molecule has 1 aromatic heterocycles. The van der Waals surface area contributed by atoms with Crippen molar-refractivity contribution in [2.24, 2.45) is 0 Å². The van der Waals surface area contributed by atoms with Crippen LogP contribution in [0.25, 0.3) is 0 Å². The molecular formula is C6H4ClIN2O2. The fraction of sp³-hybridized carbons (Fsp3) is 0.167. The minimum absolute atomic E-state index is 0.155. The quantitative estimate of drug-likeness (QED) is 0.364. The number of pyridine rings is 1. The van der Waals surface area contributed by atoms with Crippen molar-refractivity contribution in [3.05, 3.63) is 31.5 Å². The zero-order valence-electron chi connectivity index (χ0n) is 5.83. The first-order valence-corrected chi connectivity index (χ1v) is 4.61. The third-order valence-corrected chi connectivity index (χ3v) is 2.05. The molecule has 4 nitrogen and oxygen atoms in total. The van der Waals surface area contributed by atoms with E-state index in [4.69, 9.17) is 11.6 Å². The fourth-order valence-corrected chi connectivity index (χ4v) is 1.47. The van der Waals surface area contributed by atoms with Crippen molar-refractivity contribution in [3.8, 4) is 0 Å². The largest absolute Gasteiger partial charge is 0.364 e. The third kappa shape index (κ3) is 2.28. The number of aromatic nitrogens is 1. The molecule has 12 heavy (non-hydrogen) atoms. The highest BCUT2D eigenvalue weighted by Crippen LogP contribution is 2.15. The van der Waals surface area contributed by atoms with E-state index in [0.717, 1.165) is 3.57 Å². The predicted molar refractivity (Wildman–Crippen MR) is 53.2 cm³/mol. The molecule has 0 aliphatic heterocycles. The summed E-state index contributed by atoms with van der Waals surface area (Å²) >= 11 is 7.47. The van der Waals surface area contributed by atoms with Gasteiger partial charge >= 0.3 is 5.82 Å². The monoisotopic (exact) mass is 298 g/mol. The maximum Gasteiger partial charge on any atom is 0.364 e. The van der Waals surface area contributed by atoms with E-state index >= 15 is 0 Å². The first-order chi connectivity index (χ1) is 5.63. The van der Waals surface area contributed by atoms with E-state index in [2.05, 4.69) is 4.98 Å². The van der Waals surface area contributed by atoms with Gasteiger partial charge in [-0.25, -0.2) is 0 Å². The normalized spacial score (nSPS) is 9.83. The lowest BCUT2D eigenvalue weighted by atomic mass is 10.4. The third-order valence-electron chi connectivity index (χ3n) is 1.15. The second-order valence-electron chi connectivity index (χ2n) is 2.03. The molecule has 0 N–H and O–H groups in total. The van der Waals surface area contributed by atoms with E-state index < -0.39 is 4.92 Å². The minimum atomic E-state index is -0.530.